The van der Waals surface area contributed by atoms with E-state index < -0.39 is 6.04 Å². The second-order valence-corrected chi connectivity index (χ2v) is 8.11. The molecule has 0 spiro atoms. The molecule has 1 N–H and O–H groups in total. The average Bonchev–Trinajstić information content (AvgIpc) is 2.76. The molecule has 0 fully saturated rings. The molecule has 30 heavy (non-hydrogen) atoms. The van der Waals surface area contributed by atoms with E-state index in [0.717, 1.165) is 59.2 Å². The first kappa shape index (κ1) is 20.1. The van der Waals surface area contributed by atoms with E-state index in [0.29, 0.717) is 5.69 Å². The Hall–Kier alpha value is -3.21. The lowest BCUT2D eigenvalue weighted by atomic mass is 9.88. The van der Waals surface area contributed by atoms with Crippen molar-refractivity contribution in [3.8, 4) is 11.3 Å². The highest BCUT2D eigenvalue weighted by atomic mass is 16.2. The van der Waals surface area contributed by atoms with Gasteiger partial charge in [0.25, 0.3) is 5.56 Å². The van der Waals surface area contributed by atoms with Gasteiger partial charge in [-0.1, -0.05) is 35.9 Å². The van der Waals surface area contributed by atoms with Crippen LogP contribution in [-0.2, 0) is 17.6 Å². The van der Waals surface area contributed by atoms with Gasteiger partial charge in [0.2, 0.25) is 5.91 Å². The van der Waals surface area contributed by atoms with Crippen LogP contribution in [0, 0.1) is 13.8 Å². The maximum absolute atomic E-state index is 13.3. The van der Waals surface area contributed by atoms with Gasteiger partial charge in [0.05, 0.1) is 5.69 Å². The molecule has 1 atom stereocenters. The Morgan fingerprint density at radius 2 is 1.73 bits per heavy atom. The fourth-order valence-electron chi connectivity index (χ4n) is 4.10. The number of para-hydroxylation sites is 1. The lowest BCUT2D eigenvalue weighted by molar-refractivity contribution is -0.119. The molecule has 154 valence electrons. The standard InChI is InChI=1S/C25H27N3O2/c1-16-13-14-17(2)22(15-16)23-20-11-7-8-12-21(20)25(30)28(27-23)18(3)24(29)26-19-9-5-4-6-10-19/h4-6,9-10,13-15,18H,7-8,11-12H2,1-3H3,(H,26,29)/t18-/m1/s1. The third-order valence-corrected chi connectivity index (χ3v) is 5.86. The van der Waals surface area contributed by atoms with Gasteiger partial charge in [-0.15, -0.1) is 0 Å². The van der Waals surface area contributed by atoms with Crippen LogP contribution in [0.15, 0.2) is 53.3 Å². The number of benzene rings is 2. The molecule has 0 radical (unpaired) electrons. The summed E-state index contributed by atoms with van der Waals surface area (Å²) in [5.74, 6) is -0.251. The van der Waals surface area contributed by atoms with Gasteiger partial charge < -0.3 is 5.32 Å². The van der Waals surface area contributed by atoms with Gasteiger partial charge in [-0.3, -0.25) is 9.59 Å². The van der Waals surface area contributed by atoms with Crippen molar-refractivity contribution in [3.63, 3.8) is 0 Å². The summed E-state index contributed by atoms with van der Waals surface area (Å²) in [7, 11) is 0. The molecule has 1 amide bonds. The molecule has 1 heterocycles. The minimum absolute atomic E-state index is 0.144. The zero-order valence-corrected chi connectivity index (χ0v) is 17.7. The SMILES string of the molecule is Cc1ccc(C)c(-c2nn([C@H](C)C(=O)Nc3ccccc3)c(=O)c3c2CCCC3)c1. The van der Waals surface area contributed by atoms with Gasteiger partial charge in [0, 0.05) is 16.8 Å². The van der Waals surface area contributed by atoms with Crippen molar-refractivity contribution < 1.29 is 4.79 Å². The molecule has 0 saturated heterocycles. The summed E-state index contributed by atoms with van der Waals surface area (Å²) in [5.41, 5.74) is 6.56. The summed E-state index contributed by atoms with van der Waals surface area (Å²) in [6, 6.07) is 14.9. The molecule has 5 nitrogen and oxygen atoms in total. The van der Waals surface area contributed by atoms with E-state index in [1.165, 1.54) is 4.68 Å². The van der Waals surface area contributed by atoms with E-state index in [9.17, 15) is 9.59 Å². The first-order valence-electron chi connectivity index (χ1n) is 10.5. The molecule has 2 aromatic carbocycles. The van der Waals surface area contributed by atoms with E-state index in [-0.39, 0.29) is 11.5 Å². The summed E-state index contributed by atoms with van der Waals surface area (Å²) in [4.78, 5) is 26.2. The number of hydrogen-bond acceptors (Lipinski definition) is 3. The summed E-state index contributed by atoms with van der Waals surface area (Å²) < 4.78 is 1.37. The third kappa shape index (κ3) is 3.80. The minimum atomic E-state index is -0.714. The van der Waals surface area contributed by atoms with Crippen LogP contribution in [0.1, 0.15) is 48.1 Å². The van der Waals surface area contributed by atoms with Crippen molar-refractivity contribution >= 4 is 11.6 Å². The Balaban J connectivity index is 1.81. The Kier molecular flexibility index (Phi) is 5.53. The average molecular weight is 402 g/mol. The second-order valence-electron chi connectivity index (χ2n) is 8.11. The Morgan fingerprint density at radius 1 is 1.03 bits per heavy atom. The minimum Gasteiger partial charge on any atom is -0.324 e. The number of rotatable bonds is 4. The third-order valence-electron chi connectivity index (χ3n) is 5.86. The van der Waals surface area contributed by atoms with Crippen LogP contribution in [0.3, 0.4) is 0 Å². The molecular formula is C25H27N3O2. The summed E-state index contributed by atoms with van der Waals surface area (Å²) >= 11 is 0. The number of nitrogens with one attached hydrogen (secondary N) is 1. The lowest BCUT2D eigenvalue weighted by Gasteiger charge is -2.23. The molecule has 1 aromatic heterocycles. The highest BCUT2D eigenvalue weighted by molar-refractivity contribution is 5.93. The van der Waals surface area contributed by atoms with Crippen molar-refractivity contribution in [1.29, 1.82) is 0 Å². The molecule has 0 unspecified atom stereocenters. The van der Waals surface area contributed by atoms with Gasteiger partial charge in [0.15, 0.2) is 0 Å². The van der Waals surface area contributed by atoms with E-state index in [1.54, 1.807) is 6.92 Å². The Labute approximate surface area is 176 Å². The fourth-order valence-corrected chi connectivity index (χ4v) is 4.10. The quantitative estimate of drug-likeness (QED) is 0.695. The molecule has 0 aliphatic heterocycles. The number of aryl methyl sites for hydroxylation is 2. The molecule has 0 bridgehead atoms. The van der Waals surface area contributed by atoms with Crippen LogP contribution in [0.2, 0.25) is 0 Å². The van der Waals surface area contributed by atoms with Crippen LogP contribution in [0.5, 0.6) is 0 Å². The lowest BCUT2D eigenvalue weighted by Crippen LogP contribution is -2.37. The van der Waals surface area contributed by atoms with E-state index in [2.05, 4.69) is 37.4 Å². The normalized spacial score (nSPS) is 14.1. The predicted molar refractivity (Wildman–Crippen MR) is 120 cm³/mol. The van der Waals surface area contributed by atoms with Crippen LogP contribution in [0.4, 0.5) is 5.69 Å². The molecule has 4 rings (SSSR count). The van der Waals surface area contributed by atoms with E-state index in [4.69, 9.17) is 5.10 Å². The zero-order chi connectivity index (χ0) is 21.3. The predicted octanol–water partition coefficient (Wildman–Crippen LogP) is 4.61. The fraction of sp³-hybridized carbons (Fsp3) is 0.320. The highest BCUT2D eigenvalue weighted by Crippen LogP contribution is 2.31. The van der Waals surface area contributed by atoms with E-state index in [1.807, 2.05) is 30.3 Å². The number of aromatic nitrogens is 2. The number of anilines is 1. The van der Waals surface area contributed by atoms with Gasteiger partial charge in [-0.25, -0.2) is 4.68 Å². The van der Waals surface area contributed by atoms with Crippen molar-refractivity contribution in [2.45, 2.75) is 52.5 Å². The maximum Gasteiger partial charge on any atom is 0.271 e. The van der Waals surface area contributed by atoms with Crippen LogP contribution in [0.25, 0.3) is 11.3 Å². The number of hydrogen-bond donors (Lipinski definition) is 1. The molecule has 0 saturated carbocycles. The van der Waals surface area contributed by atoms with Crippen molar-refractivity contribution in [2.24, 2.45) is 0 Å². The number of carbonyl (C=O) groups is 1. The Morgan fingerprint density at radius 3 is 2.47 bits per heavy atom. The number of carbonyl (C=O) groups excluding carboxylic acids is 1. The first-order valence-corrected chi connectivity index (χ1v) is 10.5. The maximum atomic E-state index is 13.3. The number of amides is 1. The smallest absolute Gasteiger partial charge is 0.271 e. The van der Waals surface area contributed by atoms with Gasteiger partial charge in [0.1, 0.15) is 6.04 Å². The van der Waals surface area contributed by atoms with Crippen LogP contribution < -0.4 is 10.9 Å². The Bertz CT molecular complexity index is 1150. The van der Waals surface area contributed by atoms with Crippen LogP contribution >= 0.6 is 0 Å². The zero-order valence-electron chi connectivity index (χ0n) is 17.7. The van der Waals surface area contributed by atoms with Crippen LogP contribution in [-0.4, -0.2) is 15.7 Å². The number of nitrogens with zero attached hydrogens (tertiary/aromatic N) is 2. The molecular weight excluding hydrogens is 374 g/mol. The van der Waals surface area contributed by atoms with Crippen molar-refractivity contribution in [3.05, 3.63) is 81.1 Å². The van der Waals surface area contributed by atoms with Crippen molar-refractivity contribution in [2.75, 3.05) is 5.32 Å². The van der Waals surface area contributed by atoms with Gasteiger partial charge in [-0.2, -0.15) is 5.10 Å². The van der Waals surface area contributed by atoms with Gasteiger partial charge in [-0.05, 0) is 75.8 Å². The summed E-state index contributed by atoms with van der Waals surface area (Å²) in [6.45, 7) is 5.85. The topological polar surface area (TPSA) is 64.0 Å². The van der Waals surface area contributed by atoms with Crippen molar-refractivity contribution in [1.82, 2.24) is 9.78 Å². The van der Waals surface area contributed by atoms with E-state index >= 15 is 0 Å². The van der Waals surface area contributed by atoms with Gasteiger partial charge >= 0.3 is 0 Å². The largest absolute Gasteiger partial charge is 0.324 e. The number of fused-ring (bicyclic) bond motifs is 1. The molecule has 1 aliphatic rings. The second kappa shape index (κ2) is 8.27. The molecule has 3 aromatic rings. The monoisotopic (exact) mass is 401 g/mol. The summed E-state index contributed by atoms with van der Waals surface area (Å²) in [6.07, 6.45) is 3.64. The molecule has 1 aliphatic carbocycles. The summed E-state index contributed by atoms with van der Waals surface area (Å²) in [5, 5.41) is 7.65. The first-order chi connectivity index (χ1) is 14.5. The highest BCUT2D eigenvalue weighted by Gasteiger charge is 2.26. The molecule has 5 heteroatoms.